The van der Waals surface area contributed by atoms with Crippen LogP contribution in [0, 0.1) is 6.92 Å². The Labute approximate surface area is 81.3 Å². The fourth-order valence-corrected chi connectivity index (χ4v) is 1.75. The van der Waals surface area contributed by atoms with E-state index < -0.39 is 11.1 Å². The maximum Gasteiger partial charge on any atom is 0.0251 e. The minimum absolute atomic E-state index is 0.364. The van der Waals surface area contributed by atoms with Gasteiger partial charge in [-0.05, 0) is 47.2 Å². The lowest BCUT2D eigenvalue weighted by atomic mass is 9.98. The number of hydrogen-bond acceptors (Lipinski definition) is 2. The highest BCUT2D eigenvalue weighted by Gasteiger charge is 2.04. The Morgan fingerprint density at radius 2 is 2.00 bits per heavy atom. The van der Waals surface area contributed by atoms with Crippen LogP contribution in [-0.4, -0.2) is 8.76 Å². The van der Waals surface area contributed by atoms with Gasteiger partial charge >= 0.3 is 0 Å². The number of benzene rings is 1. The molecule has 3 heteroatoms. The molecule has 1 aromatic rings. The first-order valence-corrected chi connectivity index (χ1v) is 5.29. The van der Waals surface area contributed by atoms with Gasteiger partial charge in [0.25, 0.3) is 0 Å². The third-order valence-corrected chi connectivity index (χ3v) is 2.70. The maximum atomic E-state index is 10.7. The molecule has 13 heavy (non-hydrogen) atoms. The van der Waals surface area contributed by atoms with Crippen LogP contribution in [0.1, 0.15) is 30.9 Å². The molecular weight excluding hydrogens is 184 g/mol. The highest BCUT2D eigenvalue weighted by molar-refractivity contribution is 7.79. The first-order valence-electron chi connectivity index (χ1n) is 4.22. The molecule has 0 N–H and O–H groups in total. The van der Waals surface area contributed by atoms with Gasteiger partial charge in [-0.1, -0.05) is 19.9 Å². The third-order valence-electron chi connectivity index (χ3n) is 2.07. The average molecular weight is 197 g/mol. The molecule has 72 valence electrons. The summed E-state index contributed by atoms with van der Waals surface area (Å²) < 4.78 is 21.4. The quantitative estimate of drug-likeness (QED) is 0.683. The van der Waals surface area contributed by atoms with Crippen LogP contribution in [0.25, 0.3) is 0 Å². The van der Waals surface area contributed by atoms with Gasteiger partial charge in [0.15, 0.2) is 0 Å². The normalized spacial score (nSPS) is 13.3. The van der Waals surface area contributed by atoms with E-state index in [0.717, 1.165) is 11.1 Å². The van der Waals surface area contributed by atoms with E-state index in [1.807, 2.05) is 13.0 Å². The lowest BCUT2D eigenvalue weighted by Crippen LogP contribution is -1.96. The van der Waals surface area contributed by atoms with Crippen LogP contribution in [0.4, 0.5) is 0 Å². The van der Waals surface area contributed by atoms with E-state index in [1.54, 1.807) is 12.1 Å². The molecule has 0 saturated heterocycles. The molecule has 0 heterocycles. The lowest BCUT2D eigenvalue weighted by Gasteiger charge is -2.12. The Balaban J connectivity index is 3.19. The number of rotatable bonds is 2. The summed E-state index contributed by atoms with van der Waals surface area (Å²) in [5.41, 5.74) is 2.24. The molecule has 1 rings (SSSR count). The summed E-state index contributed by atoms with van der Waals surface area (Å²) in [5.74, 6) is 0.364. The molecule has 0 aliphatic rings. The standard InChI is InChI=1S/C10H14O2S/c1-7(2)10-6-9(13(11)12)5-4-8(10)3/h4-7H,1-3H3,(H,11,12)/p-1. The zero-order valence-corrected chi connectivity index (χ0v) is 8.85. The van der Waals surface area contributed by atoms with Gasteiger partial charge in [-0.25, -0.2) is 0 Å². The minimum atomic E-state index is -2.11. The summed E-state index contributed by atoms with van der Waals surface area (Å²) >= 11 is -2.11. The second kappa shape index (κ2) is 4.03. The van der Waals surface area contributed by atoms with Crippen molar-refractivity contribution in [3.8, 4) is 0 Å². The Hall–Kier alpha value is -0.670. The fraction of sp³-hybridized carbons (Fsp3) is 0.400. The van der Waals surface area contributed by atoms with E-state index in [0.29, 0.717) is 10.8 Å². The zero-order valence-electron chi connectivity index (χ0n) is 8.03. The summed E-state index contributed by atoms with van der Waals surface area (Å²) in [7, 11) is 0. The summed E-state index contributed by atoms with van der Waals surface area (Å²) in [6, 6.07) is 5.22. The highest BCUT2D eigenvalue weighted by Crippen LogP contribution is 2.21. The second-order valence-electron chi connectivity index (χ2n) is 3.41. The molecule has 0 amide bonds. The van der Waals surface area contributed by atoms with Crippen molar-refractivity contribution in [2.24, 2.45) is 0 Å². The first kappa shape index (κ1) is 10.4. The van der Waals surface area contributed by atoms with Crippen molar-refractivity contribution < 1.29 is 8.76 Å². The zero-order chi connectivity index (χ0) is 10.0. The summed E-state index contributed by atoms with van der Waals surface area (Å²) in [6.45, 7) is 6.10. The second-order valence-corrected chi connectivity index (χ2v) is 4.35. The molecule has 0 aromatic heterocycles. The van der Waals surface area contributed by atoms with Crippen LogP contribution in [0.5, 0.6) is 0 Å². The SMILES string of the molecule is Cc1ccc(S(=O)[O-])cc1C(C)C. The smallest absolute Gasteiger partial charge is 0.0251 e. The van der Waals surface area contributed by atoms with Gasteiger partial charge in [-0.3, -0.25) is 4.21 Å². The molecule has 0 spiro atoms. The van der Waals surface area contributed by atoms with Gasteiger partial charge in [-0.2, -0.15) is 0 Å². The van der Waals surface area contributed by atoms with E-state index >= 15 is 0 Å². The van der Waals surface area contributed by atoms with Crippen molar-refractivity contribution in [3.63, 3.8) is 0 Å². The number of hydrogen-bond donors (Lipinski definition) is 0. The van der Waals surface area contributed by atoms with Crippen LogP contribution in [-0.2, 0) is 11.1 Å². The van der Waals surface area contributed by atoms with Crippen LogP contribution < -0.4 is 0 Å². The van der Waals surface area contributed by atoms with Crippen molar-refractivity contribution in [3.05, 3.63) is 29.3 Å². The Morgan fingerprint density at radius 1 is 1.38 bits per heavy atom. The minimum Gasteiger partial charge on any atom is -0.768 e. The lowest BCUT2D eigenvalue weighted by molar-refractivity contribution is 0.537. The molecule has 1 aromatic carbocycles. The van der Waals surface area contributed by atoms with Crippen molar-refractivity contribution in [2.75, 3.05) is 0 Å². The molecular formula is C10H13O2S-. The van der Waals surface area contributed by atoms with Crippen molar-refractivity contribution in [1.29, 1.82) is 0 Å². The third kappa shape index (κ3) is 2.39. The average Bonchev–Trinajstić information content (AvgIpc) is 2.04. The van der Waals surface area contributed by atoms with Gasteiger partial charge in [-0.15, -0.1) is 0 Å². The van der Waals surface area contributed by atoms with Crippen LogP contribution >= 0.6 is 0 Å². The maximum absolute atomic E-state index is 10.7. The van der Waals surface area contributed by atoms with E-state index in [1.165, 1.54) is 0 Å². The molecule has 0 radical (unpaired) electrons. The van der Waals surface area contributed by atoms with Gasteiger partial charge in [0.2, 0.25) is 0 Å². The van der Waals surface area contributed by atoms with Crippen LogP contribution in [0.3, 0.4) is 0 Å². The molecule has 1 unspecified atom stereocenters. The Bertz CT molecular complexity index is 332. The molecule has 0 fully saturated rings. The molecule has 0 aliphatic heterocycles. The Morgan fingerprint density at radius 3 is 2.46 bits per heavy atom. The predicted octanol–water partition coefficient (Wildman–Crippen LogP) is 2.36. The monoisotopic (exact) mass is 197 g/mol. The molecule has 0 saturated carbocycles. The molecule has 1 atom stereocenters. The van der Waals surface area contributed by atoms with E-state index in [9.17, 15) is 8.76 Å². The largest absolute Gasteiger partial charge is 0.768 e. The first-order chi connectivity index (χ1) is 6.02. The van der Waals surface area contributed by atoms with E-state index in [2.05, 4.69) is 13.8 Å². The summed E-state index contributed by atoms with van der Waals surface area (Å²) in [4.78, 5) is 0.370. The Kier molecular flexibility index (Phi) is 3.22. The van der Waals surface area contributed by atoms with Crippen LogP contribution in [0.2, 0.25) is 0 Å². The van der Waals surface area contributed by atoms with Crippen molar-refractivity contribution in [1.82, 2.24) is 0 Å². The van der Waals surface area contributed by atoms with Gasteiger partial charge in [0.05, 0.1) is 0 Å². The van der Waals surface area contributed by atoms with Crippen molar-refractivity contribution >= 4 is 11.1 Å². The molecule has 0 bridgehead atoms. The van der Waals surface area contributed by atoms with E-state index in [4.69, 9.17) is 0 Å². The fourth-order valence-electron chi connectivity index (χ4n) is 1.34. The molecule has 2 nitrogen and oxygen atoms in total. The highest BCUT2D eigenvalue weighted by atomic mass is 32.2. The topological polar surface area (TPSA) is 40.1 Å². The summed E-state index contributed by atoms with van der Waals surface area (Å²) in [5, 5.41) is 0. The van der Waals surface area contributed by atoms with Crippen molar-refractivity contribution in [2.45, 2.75) is 31.6 Å². The van der Waals surface area contributed by atoms with E-state index in [-0.39, 0.29) is 0 Å². The summed E-state index contributed by atoms with van der Waals surface area (Å²) in [6.07, 6.45) is 0. The predicted molar refractivity (Wildman–Crippen MR) is 52.5 cm³/mol. The molecule has 0 aliphatic carbocycles. The van der Waals surface area contributed by atoms with Gasteiger partial charge in [0.1, 0.15) is 0 Å². The number of aryl methyl sites for hydroxylation is 1. The van der Waals surface area contributed by atoms with Gasteiger partial charge in [0, 0.05) is 4.90 Å². The van der Waals surface area contributed by atoms with Gasteiger partial charge < -0.3 is 4.55 Å². The van der Waals surface area contributed by atoms with Crippen LogP contribution in [0.15, 0.2) is 23.1 Å².